The number of alkyl halides is 3. The molecule has 3 rings (SSSR count). The van der Waals surface area contributed by atoms with E-state index in [4.69, 9.17) is 4.74 Å². The van der Waals surface area contributed by atoms with E-state index in [1.807, 2.05) is 0 Å². The Morgan fingerprint density at radius 1 is 1.04 bits per heavy atom. The van der Waals surface area contributed by atoms with Crippen molar-refractivity contribution in [2.75, 3.05) is 0 Å². The van der Waals surface area contributed by atoms with E-state index in [1.54, 1.807) is 53.5 Å². The molecule has 0 atom stereocenters. The zero-order chi connectivity index (χ0) is 19.3. The Balaban J connectivity index is 1.68. The molecule has 0 N–H and O–H groups in total. The molecule has 3 aromatic rings. The second-order valence-corrected chi connectivity index (χ2v) is 5.65. The first-order valence-corrected chi connectivity index (χ1v) is 8.03. The van der Waals surface area contributed by atoms with Gasteiger partial charge in [0, 0.05) is 18.5 Å². The summed E-state index contributed by atoms with van der Waals surface area (Å²) in [6, 6.07) is 15.9. The molecule has 2 aromatic carbocycles. The van der Waals surface area contributed by atoms with Crippen molar-refractivity contribution < 1.29 is 22.7 Å². The first kappa shape index (κ1) is 18.4. The summed E-state index contributed by atoms with van der Waals surface area (Å²) in [5, 5.41) is 4.09. The van der Waals surface area contributed by atoms with Gasteiger partial charge in [-0.1, -0.05) is 42.5 Å². The van der Waals surface area contributed by atoms with Crippen LogP contribution in [-0.4, -0.2) is 21.9 Å². The van der Waals surface area contributed by atoms with Crippen molar-refractivity contribution in [1.82, 2.24) is 9.78 Å². The van der Waals surface area contributed by atoms with Gasteiger partial charge >= 0.3 is 12.1 Å². The minimum absolute atomic E-state index is 0.0921. The molecule has 138 valence electrons. The van der Waals surface area contributed by atoms with Crippen LogP contribution < -0.4 is 0 Å². The van der Waals surface area contributed by atoms with E-state index in [1.165, 1.54) is 24.3 Å². The maximum Gasteiger partial charge on any atom is 0.417 e. The SMILES string of the molecule is O=C(/C=C(\c1ccccc1)C(F)(F)F)OCc1ccc(-n2cccn2)cc1. The molecule has 0 saturated heterocycles. The van der Waals surface area contributed by atoms with E-state index in [0.29, 0.717) is 11.6 Å². The van der Waals surface area contributed by atoms with E-state index < -0.39 is 17.7 Å². The van der Waals surface area contributed by atoms with Crippen LogP contribution in [-0.2, 0) is 16.1 Å². The molecule has 0 bridgehead atoms. The van der Waals surface area contributed by atoms with E-state index >= 15 is 0 Å². The molecule has 1 aromatic heterocycles. The van der Waals surface area contributed by atoms with Crippen LogP contribution in [0.1, 0.15) is 11.1 Å². The number of allylic oxidation sites excluding steroid dienone is 1. The van der Waals surface area contributed by atoms with E-state index in [9.17, 15) is 18.0 Å². The predicted octanol–water partition coefficient (Wildman–Crippen LogP) is 4.56. The second kappa shape index (κ2) is 7.90. The molecule has 0 unspecified atom stereocenters. The fourth-order valence-electron chi connectivity index (χ4n) is 2.43. The van der Waals surface area contributed by atoms with Crippen molar-refractivity contribution in [3.8, 4) is 5.69 Å². The maximum absolute atomic E-state index is 13.2. The van der Waals surface area contributed by atoms with Gasteiger partial charge in [0.15, 0.2) is 0 Å². The number of carbonyl (C=O) groups excluding carboxylic acids is 1. The van der Waals surface area contributed by atoms with Crippen LogP contribution in [0.5, 0.6) is 0 Å². The normalized spacial score (nSPS) is 12.0. The lowest BCUT2D eigenvalue weighted by Gasteiger charge is -2.12. The third kappa shape index (κ3) is 4.84. The first-order chi connectivity index (χ1) is 12.9. The van der Waals surface area contributed by atoms with Crippen molar-refractivity contribution in [2.45, 2.75) is 12.8 Å². The van der Waals surface area contributed by atoms with Crippen molar-refractivity contribution in [3.63, 3.8) is 0 Å². The van der Waals surface area contributed by atoms with Crippen molar-refractivity contribution >= 4 is 11.5 Å². The average Bonchev–Trinajstić information content (AvgIpc) is 3.19. The monoisotopic (exact) mass is 372 g/mol. The van der Waals surface area contributed by atoms with Gasteiger partial charge in [0.25, 0.3) is 0 Å². The third-order valence-electron chi connectivity index (χ3n) is 3.74. The summed E-state index contributed by atoms with van der Waals surface area (Å²) in [7, 11) is 0. The number of rotatable bonds is 5. The summed E-state index contributed by atoms with van der Waals surface area (Å²) in [5.41, 5.74) is 0.340. The fourth-order valence-corrected chi connectivity index (χ4v) is 2.43. The number of esters is 1. The molecule has 1 heterocycles. The van der Waals surface area contributed by atoms with Gasteiger partial charge in [0.2, 0.25) is 0 Å². The number of benzene rings is 2. The van der Waals surface area contributed by atoms with Gasteiger partial charge in [-0.05, 0) is 29.3 Å². The van der Waals surface area contributed by atoms with Gasteiger partial charge in [-0.3, -0.25) is 0 Å². The summed E-state index contributed by atoms with van der Waals surface area (Å²) in [6.45, 7) is -0.130. The van der Waals surface area contributed by atoms with Crippen LogP contribution >= 0.6 is 0 Å². The fraction of sp³-hybridized carbons (Fsp3) is 0.100. The standard InChI is InChI=1S/C20H15F3N2O2/c21-20(22,23)18(16-5-2-1-3-6-16)13-19(26)27-14-15-7-9-17(10-8-15)25-12-4-11-24-25/h1-13H,14H2/b18-13+. The Bertz CT molecular complexity index is 916. The lowest BCUT2D eigenvalue weighted by molar-refractivity contribution is -0.139. The number of nitrogens with zero attached hydrogens (tertiary/aromatic N) is 2. The third-order valence-corrected chi connectivity index (χ3v) is 3.74. The van der Waals surface area contributed by atoms with Gasteiger partial charge < -0.3 is 4.74 Å². The average molecular weight is 372 g/mol. The molecule has 0 aliphatic carbocycles. The molecule has 0 amide bonds. The van der Waals surface area contributed by atoms with E-state index in [0.717, 1.165) is 5.69 Å². The van der Waals surface area contributed by atoms with Crippen molar-refractivity contribution in [1.29, 1.82) is 0 Å². The summed E-state index contributed by atoms with van der Waals surface area (Å²) in [4.78, 5) is 11.9. The number of aromatic nitrogens is 2. The highest BCUT2D eigenvalue weighted by atomic mass is 19.4. The van der Waals surface area contributed by atoms with Crippen LogP contribution in [0, 0.1) is 0 Å². The van der Waals surface area contributed by atoms with Crippen LogP contribution in [0.25, 0.3) is 11.3 Å². The summed E-state index contributed by atoms with van der Waals surface area (Å²) in [6.07, 6.45) is -0.756. The van der Waals surface area contributed by atoms with Crippen LogP contribution in [0.3, 0.4) is 0 Å². The Morgan fingerprint density at radius 3 is 2.33 bits per heavy atom. The quantitative estimate of drug-likeness (QED) is 0.487. The number of hydrogen-bond acceptors (Lipinski definition) is 3. The Kier molecular flexibility index (Phi) is 5.40. The zero-order valence-corrected chi connectivity index (χ0v) is 14.1. The highest BCUT2D eigenvalue weighted by Gasteiger charge is 2.35. The lowest BCUT2D eigenvalue weighted by atomic mass is 10.1. The van der Waals surface area contributed by atoms with Gasteiger partial charge in [-0.25, -0.2) is 9.48 Å². The van der Waals surface area contributed by atoms with Crippen molar-refractivity contribution in [2.24, 2.45) is 0 Å². The van der Waals surface area contributed by atoms with Crippen LogP contribution in [0.15, 0.2) is 79.1 Å². The molecule has 7 heteroatoms. The van der Waals surface area contributed by atoms with Crippen LogP contribution in [0.4, 0.5) is 13.2 Å². The minimum atomic E-state index is -4.66. The first-order valence-electron chi connectivity index (χ1n) is 8.03. The molecule has 0 aliphatic rings. The summed E-state index contributed by atoms with van der Waals surface area (Å²) >= 11 is 0. The van der Waals surface area contributed by atoms with Gasteiger partial charge in [-0.15, -0.1) is 0 Å². The predicted molar refractivity (Wildman–Crippen MR) is 93.8 cm³/mol. The van der Waals surface area contributed by atoms with Gasteiger partial charge in [0.1, 0.15) is 6.61 Å². The molecule has 0 fully saturated rings. The number of carbonyl (C=O) groups is 1. The Morgan fingerprint density at radius 2 is 1.74 bits per heavy atom. The van der Waals surface area contributed by atoms with E-state index in [2.05, 4.69) is 5.10 Å². The largest absolute Gasteiger partial charge is 0.458 e. The summed E-state index contributed by atoms with van der Waals surface area (Å²) in [5.74, 6) is -1.05. The molecule has 4 nitrogen and oxygen atoms in total. The van der Waals surface area contributed by atoms with Gasteiger partial charge in [0.05, 0.1) is 11.3 Å². The number of halogens is 3. The highest BCUT2D eigenvalue weighted by molar-refractivity contribution is 5.92. The minimum Gasteiger partial charge on any atom is -0.458 e. The number of ether oxygens (including phenoxy) is 1. The lowest BCUT2D eigenvalue weighted by Crippen LogP contribution is -2.13. The highest BCUT2D eigenvalue weighted by Crippen LogP contribution is 2.33. The van der Waals surface area contributed by atoms with Gasteiger partial charge in [-0.2, -0.15) is 18.3 Å². The molecular formula is C20H15F3N2O2. The maximum atomic E-state index is 13.2. The molecule has 0 aliphatic heterocycles. The second-order valence-electron chi connectivity index (χ2n) is 5.65. The topological polar surface area (TPSA) is 44.1 Å². The molecule has 27 heavy (non-hydrogen) atoms. The molecule has 0 spiro atoms. The Labute approximate surface area is 153 Å². The number of hydrogen-bond donors (Lipinski definition) is 0. The van der Waals surface area contributed by atoms with Crippen molar-refractivity contribution in [3.05, 3.63) is 90.3 Å². The smallest absolute Gasteiger partial charge is 0.417 e. The van der Waals surface area contributed by atoms with Crippen LogP contribution in [0.2, 0.25) is 0 Å². The Hall–Kier alpha value is -3.35. The summed E-state index contributed by atoms with van der Waals surface area (Å²) < 4.78 is 46.3. The molecule has 0 radical (unpaired) electrons. The van der Waals surface area contributed by atoms with E-state index in [-0.39, 0.29) is 12.2 Å². The molecular weight excluding hydrogens is 357 g/mol. The molecule has 0 saturated carbocycles. The zero-order valence-electron chi connectivity index (χ0n) is 14.1.